The van der Waals surface area contributed by atoms with E-state index in [2.05, 4.69) is 0 Å². The Morgan fingerprint density at radius 1 is 1.38 bits per heavy atom. The molecule has 0 atom stereocenters. The van der Waals surface area contributed by atoms with E-state index in [4.69, 9.17) is 5.11 Å². The Balaban J connectivity index is 3.37. The van der Waals surface area contributed by atoms with Gasteiger partial charge in [-0.15, -0.1) is 0 Å². The monoisotopic (exact) mass is 302 g/mol. The largest absolute Gasteiger partial charge is 0.480 e. The lowest BCUT2D eigenvalue weighted by Gasteiger charge is -2.25. The number of carbonyl (C=O) groups excluding carboxylic acids is 1. The van der Waals surface area contributed by atoms with Crippen molar-refractivity contribution in [3.05, 3.63) is 39.4 Å². The molecule has 0 bridgehead atoms. The molecular formula is C12H12F2N2O5. The zero-order valence-corrected chi connectivity index (χ0v) is 11.2. The van der Waals surface area contributed by atoms with Gasteiger partial charge in [0.15, 0.2) is 0 Å². The van der Waals surface area contributed by atoms with Crippen molar-refractivity contribution in [1.29, 1.82) is 0 Å². The Kier molecular flexibility index (Phi) is 4.90. The number of carboxylic acids is 1. The van der Waals surface area contributed by atoms with Crippen molar-refractivity contribution in [2.24, 2.45) is 0 Å². The second-order valence-electron chi connectivity index (χ2n) is 4.43. The van der Waals surface area contributed by atoms with Crippen LogP contribution in [0.25, 0.3) is 0 Å². The lowest BCUT2D eigenvalue weighted by atomic mass is 10.1. The van der Waals surface area contributed by atoms with Crippen LogP contribution in [0.3, 0.4) is 0 Å². The molecule has 0 aliphatic carbocycles. The van der Waals surface area contributed by atoms with Crippen LogP contribution in [0, 0.1) is 21.7 Å². The SMILES string of the molecule is CC(C)N(CC(=O)O)C(=O)c1c(F)ccc([N+](=O)[O-])c1F. The Morgan fingerprint density at radius 2 is 1.95 bits per heavy atom. The molecule has 1 amide bonds. The second-order valence-corrected chi connectivity index (χ2v) is 4.43. The first kappa shape index (κ1) is 16.5. The molecule has 1 N–H and O–H groups in total. The molecule has 9 heteroatoms. The van der Waals surface area contributed by atoms with E-state index < -0.39 is 52.3 Å². The zero-order chi connectivity index (χ0) is 16.3. The predicted molar refractivity (Wildman–Crippen MR) is 66.8 cm³/mol. The summed E-state index contributed by atoms with van der Waals surface area (Å²) < 4.78 is 27.6. The van der Waals surface area contributed by atoms with Crippen LogP contribution in [0.4, 0.5) is 14.5 Å². The number of rotatable bonds is 5. The number of amides is 1. The molecule has 0 aliphatic heterocycles. The molecule has 1 aromatic carbocycles. The summed E-state index contributed by atoms with van der Waals surface area (Å²) in [4.78, 5) is 33.0. The normalized spacial score (nSPS) is 10.5. The van der Waals surface area contributed by atoms with E-state index in [0.29, 0.717) is 17.0 Å². The highest BCUT2D eigenvalue weighted by Gasteiger charge is 2.31. The molecular weight excluding hydrogens is 290 g/mol. The van der Waals surface area contributed by atoms with Gasteiger partial charge < -0.3 is 10.0 Å². The molecule has 0 saturated carbocycles. The molecule has 0 heterocycles. The highest BCUT2D eigenvalue weighted by Crippen LogP contribution is 2.24. The molecule has 1 rings (SSSR count). The van der Waals surface area contributed by atoms with Crippen LogP contribution in [0.1, 0.15) is 24.2 Å². The number of carboxylic acid groups (broad SMARTS) is 1. The van der Waals surface area contributed by atoms with E-state index >= 15 is 0 Å². The van der Waals surface area contributed by atoms with Crippen molar-refractivity contribution in [3.63, 3.8) is 0 Å². The maximum absolute atomic E-state index is 13.9. The number of hydrogen-bond acceptors (Lipinski definition) is 4. The molecule has 114 valence electrons. The number of hydrogen-bond donors (Lipinski definition) is 1. The molecule has 0 saturated heterocycles. The van der Waals surface area contributed by atoms with Crippen molar-refractivity contribution in [2.75, 3.05) is 6.54 Å². The fraction of sp³-hybridized carbons (Fsp3) is 0.333. The van der Waals surface area contributed by atoms with Crippen LogP contribution in [0.2, 0.25) is 0 Å². The first-order chi connectivity index (χ1) is 9.66. The van der Waals surface area contributed by atoms with Gasteiger partial charge in [0.2, 0.25) is 5.82 Å². The Hall–Kier alpha value is -2.58. The predicted octanol–water partition coefficient (Wildman–Crippen LogP) is 1.81. The maximum Gasteiger partial charge on any atom is 0.323 e. The van der Waals surface area contributed by atoms with Gasteiger partial charge in [0.1, 0.15) is 17.9 Å². The van der Waals surface area contributed by atoms with Crippen LogP contribution in [-0.4, -0.2) is 39.4 Å². The minimum Gasteiger partial charge on any atom is -0.480 e. The average Bonchev–Trinajstić information content (AvgIpc) is 2.34. The Morgan fingerprint density at radius 3 is 2.38 bits per heavy atom. The van der Waals surface area contributed by atoms with Gasteiger partial charge in [-0.2, -0.15) is 4.39 Å². The first-order valence-electron chi connectivity index (χ1n) is 5.82. The van der Waals surface area contributed by atoms with Gasteiger partial charge in [0, 0.05) is 12.1 Å². The van der Waals surface area contributed by atoms with Crippen LogP contribution < -0.4 is 0 Å². The summed E-state index contributed by atoms with van der Waals surface area (Å²) in [5.41, 5.74) is -2.20. The van der Waals surface area contributed by atoms with Crippen molar-refractivity contribution < 1.29 is 28.4 Å². The van der Waals surface area contributed by atoms with Gasteiger partial charge in [-0.1, -0.05) is 0 Å². The van der Waals surface area contributed by atoms with E-state index in [0.717, 1.165) is 0 Å². The van der Waals surface area contributed by atoms with Crippen molar-refractivity contribution in [3.8, 4) is 0 Å². The number of halogens is 2. The number of aliphatic carboxylic acids is 1. The lowest BCUT2D eigenvalue weighted by Crippen LogP contribution is -2.41. The standard InChI is InChI=1S/C12H12F2N2O5/c1-6(2)15(5-9(17)18)12(19)10-7(13)3-4-8(11(10)14)16(20)21/h3-4,6H,5H2,1-2H3,(H,17,18). The summed E-state index contributed by atoms with van der Waals surface area (Å²) in [7, 11) is 0. The van der Waals surface area contributed by atoms with Crippen LogP contribution in [-0.2, 0) is 4.79 Å². The van der Waals surface area contributed by atoms with Gasteiger partial charge in [-0.3, -0.25) is 19.7 Å². The minimum atomic E-state index is -1.62. The molecule has 0 aliphatic rings. The Bertz CT molecular complexity index is 604. The summed E-state index contributed by atoms with van der Waals surface area (Å²) in [6.07, 6.45) is 0. The average molecular weight is 302 g/mol. The quantitative estimate of drug-likeness (QED) is 0.660. The van der Waals surface area contributed by atoms with E-state index in [-0.39, 0.29) is 0 Å². The van der Waals surface area contributed by atoms with E-state index in [9.17, 15) is 28.5 Å². The van der Waals surface area contributed by atoms with Crippen LogP contribution in [0.15, 0.2) is 12.1 Å². The van der Waals surface area contributed by atoms with Gasteiger partial charge >= 0.3 is 11.7 Å². The van der Waals surface area contributed by atoms with Crippen LogP contribution in [0.5, 0.6) is 0 Å². The summed E-state index contributed by atoms with van der Waals surface area (Å²) in [5.74, 6) is -5.55. The summed E-state index contributed by atoms with van der Waals surface area (Å²) >= 11 is 0. The molecule has 7 nitrogen and oxygen atoms in total. The Labute approximate surface area is 117 Å². The van der Waals surface area contributed by atoms with Gasteiger partial charge in [-0.05, 0) is 19.9 Å². The van der Waals surface area contributed by atoms with E-state index in [1.54, 1.807) is 0 Å². The first-order valence-corrected chi connectivity index (χ1v) is 5.82. The fourth-order valence-electron chi connectivity index (χ4n) is 1.66. The zero-order valence-electron chi connectivity index (χ0n) is 11.2. The molecule has 0 radical (unpaired) electrons. The third-order valence-electron chi connectivity index (χ3n) is 2.67. The van der Waals surface area contributed by atoms with Gasteiger partial charge in [0.25, 0.3) is 5.91 Å². The highest BCUT2D eigenvalue weighted by atomic mass is 19.1. The highest BCUT2D eigenvalue weighted by molar-refractivity contribution is 5.97. The maximum atomic E-state index is 13.9. The van der Waals surface area contributed by atoms with Crippen molar-refractivity contribution >= 4 is 17.6 Å². The smallest absolute Gasteiger partial charge is 0.323 e. The molecule has 0 unspecified atom stereocenters. The number of nitro groups is 1. The molecule has 0 spiro atoms. The van der Waals surface area contributed by atoms with Crippen molar-refractivity contribution in [1.82, 2.24) is 4.90 Å². The number of carbonyl (C=O) groups is 2. The lowest BCUT2D eigenvalue weighted by molar-refractivity contribution is -0.387. The third-order valence-corrected chi connectivity index (χ3v) is 2.67. The summed E-state index contributed by atoms with van der Waals surface area (Å²) in [6, 6.07) is 0.526. The topological polar surface area (TPSA) is 101 Å². The van der Waals surface area contributed by atoms with Gasteiger partial charge in [0.05, 0.1) is 4.92 Å². The summed E-state index contributed by atoms with van der Waals surface area (Å²) in [6.45, 7) is 2.13. The summed E-state index contributed by atoms with van der Waals surface area (Å²) in [5, 5.41) is 19.3. The molecule has 0 aromatic heterocycles. The molecule has 0 fully saturated rings. The second kappa shape index (κ2) is 6.25. The number of nitrogens with zero attached hydrogens (tertiary/aromatic N) is 2. The van der Waals surface area contributed by atoms with Crippen molar-refractivity contribution in [2.45, 2.75) is 19.9 Å². The number of nitro benzene ring substituents is 1. The number of benzene rings is 1. The molecule has 1 aromatic rings. The third kappa shape index (κ3) is 3.50. The van der Waals surface area contributed by atoms with E-state index in [1.807, 2.05) is 0 Å². The van der Waals surface area contributed by atoms with Crippen LogP contribution >= 0.6 is 0 Å². The molecule has 21 heavy (non-hydrogen) atoms. The van der Waals surface area contributed by atoms with Gasteiger partial charge in [-0.25, -0.2) is 4.39 Å². The minimum absolute atomic E-state index is 0.591. The fourth-order valence-corrected chi connectivity index (χ4v) is 1.66. The van der Waals surface area contributed by atoms with E-state index in [1.165, 1.54) is 13.8 Å².